The van der Waals surface area contributed by atoms with Crippen molar-refractivity contribution in [2.24, 2.45) is 0 Å². The number of allylic oxidation sites excluding steroid dienone is 5. The minimum atomic E-state index is -0.279. The first-order valence-corrected chi connectivity index (χ1v) is 12.0. The van der Waals surface area contributed by atoms with Crippen molar-refractivity contribution in [2.45, 2.75) is 20.3 Å². The number of aromatic nitrogens is 5. The third-order valence-corrected chi connectivity index (χ3v) is 6.26. The highest BCUT2D eigenvalue weighted by Crippen LogP contribution is 2.34. The molecule has 4 aromatic heterocycles. The summed E-state index contributed by atoms with van der Waals surface area (Å²) in [6, 6.07) is 12.5. The Labute approximate surface area is 214 Å². The molecule has 184 valence electrons. The molecule has 4 heterocycles. The van der Waals surface area contributed by atoms with Crippen molar-refractivity contribution in [1.82, 2.24) is 30.5 Å². The maximum Gasteiger partial charge on any atom is 0.138 e. The van der Waals surface area contributed by atoms with Crippen LogP contribution >= 0.6 is 0 Å². The van der Waals surface area contributed by atoms with Gasteiger partial charge in [0.05, 0.1) is 23.1 Å². The van der Waals surface area contributed by atoms with E-state index in [-0.39, 0.29) is 5.82 Å². The van der Waals surface area contributed by atoms with Crippen molar-refractivity contribution in [3.8, 4) is 22.5 Å². The van der Waals surface area contributed by atoms with Gasteiger partial charge in [-0.1, -0.05) is 38.3 Å². The number of rotatable bonds is 8. The second kappa shape index (κ2) is 10.1. The molecule has 0 bridgehead atoms. The van der Waals surface area contributed by atoms with E-state index in [4.69, 9.17) is 0 Å². The van der Waals surface area contributed by atoms with Gasteiger partial charge < -0.3 is 10.3 Å². The third kappa shape index (κ3) is 4.71. The summed E-state index contributed by atoms with van der Waals surface area (Å²) in [7, 11) is 0. The van der Waals surface area contributed by atoms with E-state index in [0.29, 0.717) is 5.65 Å². The largest absolute Gasteiger partial charge is 0.359 e. The average molecular weight is 491 g/mol. The summed E-state index contributed by atoms with van der Waals surface area (Å²) in [6.07, 6.45) is 10.1. The molecule has 37 heavy (non-hydrogen) atoms. The zero-order chi connectivity index (χ0) is 25.9. The van der Waals surface area contributed by atoms with Gasteiger partial charge in [0.1, 0.15) is 17.2 Å². The van der Waals surface area contributed by atoms with Gasteiger partial charge in [0.25, 0.3) is 0 Å². The standard InChI is InChI=1S/C30H27FN6/c1-5-18(4)34-22(7-3)14-19(6-2)26-16-25-28(17-33-26)36-37-29(25)27-15-24-23(11-12-32-30(24)35-27)20-9-8-10-21(31)13-20/h6-17,34H,3-5H2,1-2H3,(H,32,35)(H,36,37)/b19-6+,22-14+. The predicted octanol–water partition coefficient (Wildman–Crippen LogP) is 7.29. The molecular formula is C30H27FN6. The zero-order valence-corrected chi connectivity index (χ0v) is 20.8. The number of halogens is 1. The maximum atomic E-state index is 13.9. The molecule has 0 aliphatic carbocycles. The summed E-state index contributed by atoms with van der Waals surface area (Å²) >= 11 is 0. The number of benzene rings is 1. The first-order valence-electron chi connectivity index (χ1n) is 12.0. The number of hydrogen-bond donors (Lipinski definition) is 3. The van der Waals surface area contributed by atoms with Crippen molar-refractivity contribution in [2.75, 3.05) is 0 Å². The van der Waals surface area contributed by atoms with Gasteiger partial charge in [-0.25, -0.2) is 9.37 Å². The van der Waals surface area contributed by atoms with Crippen LogP contribution in [0.25, 0.3) is 50.0 Å². The number of fused-ring (bicyclic) bond motifs is 2. The van der Waals surface area contributed by atoms with E-state index in [9.17, 15) is 4.39 Å². The quantitative estimate of drug-likeness (QED) is 0.199. The Morgan fingerprint density at radius 3 is 2.76 bits per heavy atom. The lowest BCUT2D eigenvalue weighted by atomic mass is 10.0. The second-order valence-corrected chi connectivity index (χ2v) is 8.63. The van der Waals surface area contributed by atoms with Crippen LogP contribution in [0.4, 0.5) is 4.39 Å². The van der Waals surface area contributed by atoms with Gasteiger partial charge >= 0.3 is 0 Å². The molecule has 0 unspecified atom stereocenters. The lowest BCUT2D eigenvalue weighted by Crippen LogP contribution is -2.09. The minimum Gasteiger partial charge on any atom is -0.359 e. The summed E-state index contributed by atoms with van der Waals surface area (Å²) in [5.74, 6) is -0.279. The highest BCUT2D eigenvalue weighted by Gasteiger charge is 2.16. The summed E-state index contributed by atoms with van der Waals surface area (Å²) in [5, 5.41) is 12.7. The molecule has 0 amide bonds. The van der Waals surface area contributed by atoms with Gasteiger partial charge in [-0.15, -0.1) is 0 Å². The fourth-order valence-electron chi connectivity index (χ4n) is 4.25. The third-order valence-electron chi connectivity index (χ3n) is 6.26. The van der Waals surface area contributed by atoms with Crippen molar-refractivity contribution in [3.63, 3.8) is 0 Å². The Morgan fingerprint density at radius 2 is 2.00 bits per heavy atom. The predicted molar refractivity (Wildman–Crippen MR) is 149 cm³/mol. The molecule has 3 N–H and O–H groups in total. The Balaban J connectivity index is 1.58. The van der Waals surface area contributed by atoms with Crippen molar-refractivity contribution < 1.29 is 4.39 Å². The van der Waals surface area contributed by atoms with Crippen LogP contribution in [0.15, 0.2) is 97.6 Å². The molecule has 0 aliphatic rings. The van der Waals surface area contributed by atoms with E-state index in [0.717, 1.165) is 67.9 Å². The van der Waals surface area contributed by atoms with Crippen molar-refractivity contribution in [1.29, 1.82) is 0 Å². The molecule has 7 heteroatoms. The molecule has 5 aromatic rings. The van der Waals surface area contributed by atoms with E-state index in [2.05, 4.69) is 43.6 Å². The molecule has 0 fully saturated rings. The number of H-pyrrole nitrogens is 2. The van der Waals surface area contributed by atoms with Gasteiger partial charge in [0.2, 0.25) is 0 Å². The molecule has 0 saturated heterocycles. The molecule has 0 aliphatic heterocycles. The Hall–Kier alpha value is -4.78. The smallest absolute Gasteiger partial charge is 0.138 e. The highest BCUT2D eigenvalue weighted by atomic mass is 19.1. The number of pyridine rings is 2. The summed E-state index contributed by atoms with van der Waals surface area (Å²) in [6.45, 7) is 12.0. The first-order chi connectivity index (χ1) is 18.0. The molecule has 0 atom stereocenters. The normalized spacial score (nSPS) is 12.3. The average Bonchev–Trinajstić information content (AvgIpc) is 3.54. The SMILES string of the molecule is C=C/C(=C\C(=C/C)c1cc2c(-c3cc4c(-c5cccc(F)c5)ccnc4[nH]3)n[nH]c2cn1)NC(=C)CC. The zero-order valence-electron chi connectivity index (χ0n) is 20.8. The van der Waals surface area contributed by atoms with Crippen LogP contribution in [-0.2, 0) is 0 Å². The Morgan fingerprint density at radius 1 is 1.14 bits per heavy atom. The van der Waals surface area contributed by atoms with Gasteiger partial charge in [-0.3, -0.25) is 10.1 Å². The van der Waals surface area contributed by atoms with Gasteiger partial charge in [-0.05, 0) is 72.5 Å². The summed E-state index contributed by atoms with van der Waals surface area (Å²) in [4.78, 5) is 12.5. The number of hydrogen-bond acceptors (Lipinski definition) is 4. The first kappa shape index (κ1) is 23.9. The number of nitrogens with zero attached hydrogens (tertiary/aromatic N) is 3. The van der Waals surface area contributed by atoms with Crippen LogP contribution in [-0.4, -0.2) is 25.1 Å². The molecule has 6 nitrogen and oxygen atoms in total. The fraction of sp³-hybridized carbons (Fsp3) is 0.100. The summed E-state index contributed by atoms with van der Waals surface area (Å²) < 4.78 is 13.9. The number of aromatic amines is 2. The lowest BCUT2D eigenvalue weighted by molar-refractivity contribution is 0.628. The molecule has 0 saturated carbocycles. The van der Waals surface area contributed by atoms with Gasteiger partial charge in [-0.2, -0.15) is 5.10 Å². The van der Waals surface area contributed by atoms with Crippen LogP contribution in [0.1, 0.15) is 26.0 Å². The number of nitrogens with one attached hydrogen (secondary N) is 3. The molecule has 0 radical (unpaired) electrons. The minimum absolute atomic E-state index is 0.279. The van der Waals surface area contributed by atoms with Crippen LogP contribution in [0.5, 0.6) is 0 Å². The van der Waals surface area contributed by atoms with Crippen molar-refractivity contribution >= 4 is 27.5 Å². The summed E-state index contributed by atoms with van der Waals surface area (Å²) in [5.41, 5.74) is 8.26. The fourth-order valence-corrected chi connectivity index (χ4v) is 4.25. The molecular weight excluding hydrogens is 463 g/mol. The van der Waals surface area contributed by atoms with Crippen LogP contribution in [0.3, 0.4) is 0 Å². The Bertz CT molecular complexity index is 1700. The molecule has 1 aromatic carbocycles. The second-order valence-electron chi connectivity index (χ2n) is 8.63. The van der Waals surface area contributed by atoms with E-state index >= 15 is 0 Å². The van der Waals surface area contributed by atoms with E-state index < -0.39 is 0 Å². The van der Waals surface area contributed by atoms with Crippen LogP contribution < -0.4 is 5.32 Å². The van der Waals surface area contributed by atoms with Gasteiger partial charge in [0, 0.05) is 28.4 Å². The highest BCUT2D eigenvalue weighted by molar-refractivity contribution is 6.00. The van der Waals surface area contributed by atoms with Crippen LogP contribution in [0.2, 0.25) is 0 Å². The lowest BCUT2D eigenvalue weighted by Gasteiger charge is -2.10. The van der Waals surface area contributed by atoms with Crippen LogP contribution in [0, 0.1) is 5.82 Å². The topological polar surface area (TPSA) is 82.3 Å². The maximum absolute atomic E-state index is 13.9. The van der Waals surface area contributed by atoms with E-state index in [1.54, 1.807) is 24.5 Å². The van der Waals surface area contributed by atoms with Gasteiger partial charge in [0.15, 0.2) is 0 Å². The molecule has 0 spiro atoms. The van der Waals surface area contributed by atoms with Crippen molar-refractivity contribution in [3.05, 3.63) is 109 Å². The van der Waals surface area contributed by atoms with E-state index in [1.807, 2.05) is 50.3 Å². The Kier molecular flexibility index (Phi) is 6.51. The monoisotopic (exact) mass is 490 g/mol. The molecule has 5 rings (SSSR count). The van der Waals surface area contributed by atoms with E-state index in [1.165, 1.54) is 12.1 Å².